The Morgan fingerprint density at radius 2 is 2.20 bits per heavy atom. The molecule has 0 amide bonds. The molecule has 0 unspecified atom stereocenters. The normalized spacial score (nSPS) is 11.7. The zero-order valence-electron chi connectivity index (χ0n) is 10.7. The summed E-state index contributed by atoms with van der Waals surface area (Å²) in [6.45, 7) is 0.979. The van der Waals surface area contributed by atoms with Crippen molar-refractivity contribution >= 4 is 21.6 Å². The number of nitrogens with two attached hydrogens (primary N) is 1. The Morgan fingerprint density at radius 1 is 1.40 bits per heavy atom. The number of aromatic nitrogens is 2. The van der Waals surface area contributed by atoms with E-state index in [1.54, 1.807) is 29.2 Å². The van der Waals surface area contributed by atoms with Crippen LogP contribution in [0.1, 0.15) is 5.56 Å². The van der Waals surface area contributed by atoms with Crippen LogP contribution >= 0.6 is 11.6 Å². The molecule has 2 rings (SSSR count). The number of rotatable bonds is 6. The maximum atomic E-state index is 12.1. The summed E-state index contributed by atoms with van der Waals surface area (Å²) in [5.74, 6) is 0. The molecule has 0 bridgehead atoms. The van der Waals surface area contributed by atoms with E-state index in [0.29, 0.717) is 17.1 Å². The predicted molar refractivity (Wildman–Crippen MR) is 76.8 cm³/mol. The van der Waals surface area contributed by atoms with Gasteiger partial charge in [-0.3, -0.25) is 4.68 Å². The lowest BCUT2D eigenvalue weighted by molar-refractivity contribution is 0.561. The van der Waals surface area contributed by atoms with Crippen molar-refractivity contribution in [2.24, 2.45) is 5.73 Å². The molecule has 0 aliphatic rings. The van der Waals surface area contributed by atoms with E-state index in [2.05, 4.69) is 9.82 Å². The number of hydrogen-bond donors (Lipinski definition) is 2. The van der Waals surface area contributed by atoms with Crippen molar-refractivity contribution in [1.82, 2.24) is 14.5 Å². The van der Waals surface area contributed by atoms with E-state index in [0.717, 1.165) is 0 Å². The van der Waals surface area contributed by atoms with Crippen LogP contribution in [-0.4, -0.2) is 24.7 Å². The lowest BCUT2D eigenvalue weighted by atomic mass is 10.2. The molecule has 108 valence electrons. The highest BCUT2D eigenvalue weighted by Crippen LogP contribution is 2.20. The minimum absolute atomic E-state index is 0.125. The third kappa shape index (κ3) is 3.57. The topological polar surface area (TPSA) is 90.0 Å². The quantitative estimate of drug-likeness (QED) is 0.831. The minimum atomic E-state index is -3.58. The van der Waals surface area contributed by atoms with Crippen LogP contribution in [-0.2, 0) is 23.1 Å². The number of nitrogens with zero attached hydrogens (tertiary/aromatic N) is 2. The molecule has 20 heavy (non-hydrogen) atoms. The number of benzene rings is 1. The van der Waals surface area contributed by atoms with E-state index >= 15 is 0 Å². The Labute approximate surface area is 122 Å². The summed E-state index contributed by atoms with van der Waals surface area (Å²) in [6.07, 6.45) is 3.40. The molecule has 1 heterocycles. The molecule has 1 aromatic carbocycles. The van der Waals surface area contributed by atoms with Crippen molar-refractivity contribution in [1.29, 1.82) is 0 Å². The van der Waals surface area contributed by atoms with Crippen LogP contribution in [0.25, 0.3) is 0 Å². The second-order valence-corrected chi connectivity index (χ2v) is 6.30. The van der Waals surface area contributed by atoms with Gasteiger partial charge in [-0.05, 0) is 23.8 Å². The maximum Gasteiger partial charge on any atom is 0.240 e. The Morgan fingerprint density at radius 3 is 2.80 bits per heavy atom. The average Bonchev–Trinajstić information content (AvgIpc) is 2.91. The fourth-order valence-electron chi connectivity index (χ4n) is 1.67. The van der Waals surface area contributed by atoms with Gasteiger partial charge in [-0.2, -0.15) is 5.10 Å². The maximum absolute atomic E-state index is 12.1. The summed E-state index contributed by atoms with van der Waals surface area (Å²) in [6, 6.07) is 6.29. The van der Waals surface area contributed by atoms with Gasteiger partial charge < -0.3 is 5.73 Å². The first-order chi connectivity index (χ1) is 9.53. The van der Waals surface area contributed by atoms with Crippen LogP contribution in [0.4, 0.5) is 0 Å². The van der Waals surface area contributed by atoms with Crippen molar-refractivity contribution in [2.75, 3.05) is 6.54 Å². The number of hydrogen-bond acceptors (Lipinski definition) is 4. The first kappa shape index (κ1) is 15.0. The first-order valence-electron chi connectivity index (χ1n) is 5.98. The first-order valence-corrected chi connectivity index (χ1v) is 7.84. The van der Waals surface area contributed by atoms with Crippen LogP contribution in [0.15, 0.2) is 41.6 Å². The van der Waals surface area contributed by atoms with Crippen molar-refractivity contribution < 1.29 is 8.42 Å². The Balaban J connectivity index is 2.04. The largest absolute Gasteiger partial charge is 0.326 e. The Bertz CT molecular complexity index is 671. The lowest BCUT2D eigenvalue weighted by Crippen LogP contribution is -2.27. The summed E-state index contributed by atoms with van der Waals surface area (Å²) in [5.41, 5.74) is 6.20. The smallest absolute Gasteiger partial charge is 0.240 e. The molecule has 1 aromatic heterocycles. The fraction of sp³-hybridized carbons (Fsp3) is 0.250. The van der Waals surface area contributed by atoms with Gasteiger partial charge in [0.1, 0.15) is 0 Å². The van der Waals surface area contributed by atoms with Crippen LogP contribution in [0.5, 0.6) is 0 Å². The highest BCUT2D eigenvalue weighted by atomic mass is 35.5. The number of halogens is 1. The van der Waals surface area contributed by atoms with Crippen LogP contribution in [0.3, 0.4) is 0 Å². The summed E-state index contributed by atoms with van der Waals surface area (Å²) in [5, 5.41) is 4.34. The lowest BCUT2D eigenvalue weighted by Gasteiger charge is -2.08. The SMILES string of the molecule is NCc1ccc(S(=O)(=O)NCCn2cccn2)cc1Cl. The summed E-state index contributed by atoms with van der Waals surface area (Å²) >= 11 is 5.96. The molecule has 0 saturated carbocycles. The highest BCUT2D eigenvalue weighted by molar-refractivity contribution is 7.89. The fourth-order valence-corrected chi connectivity index (χ4v) is 3.04. The van der Waals surface area contributed by atoms with E-state index in [4.69, 9.17) is 17.3 Å². The van der Waals surface area contributed by atoms with E-state index in [-0.39, 0.29) is 18.0 Å². The molecular weight excluding hydrogens is 300 g/mol. The number of sulfonamides is 1. The molecular formula is C12H15ClN4O2S. The Kier molecular flexibility index (Phi) is 4.77. The van der Waals surface area contributed by atoms with Crippen LogP contribution < -0.4 is 10.5 Å². The zero-order valence-corrected chi connectivity index (χ0v) is 12.2. The zero-order chi connectivity index (χ0) is 14.6. The van der Waals surface area contributed by atoms with Crippen molar-refractivity contribution in [3.63, 3.8) is 0 Å². The minimum Gasteiger partial charge on any atom is -0.326 e. The van der Waals surface area contributed by atoms with Crippen LogP contribution in [0.2, 0.25) is 5.02 Å². The van der Waals surface area contributed by atoms with E-state index in [1.165, 1.54) is 12.1 Å². The molecule has 0 radical (unpaired) electrons. The second-order valence-electron chi connectivity index (χ2n) is 4.12. The van der Waals surface area contributed by atoms with Gasteiger partial charge in [-0.25, -0.2) is 13.1 Å². The molecule has 8 heteroatoms. The summed E-state index contributed by atoms with van der Waals surface area (Å²) in [4.78, 5) is 0.125. The van der Waals surface area contributed by atoms with E-state index in [1.807, 2.05) is 0 Å². The van der Waals surface area contributed by atoms with Crippen molar-refractivity contribution in [3.8, 4) is 0 Å². The Hall–Kier alpha value is -1.41. The molecule has 3 N–H and O–H groups in total. The van der Waals surface area contributed by atoms with Gasteiger partial charge in [0.05, 0.1) is 11.4 Å². The van der Waals surface area contributed by atoms with Gasteiger partial charge >= 0.3 is 0 Å². The third-order valence-electron chi connectivity index (χ3n) is 2.75. The highest BCUT2D eigenvalue weighted by Gasteiger charge is 2.14. The van der Waals surface area contributed by atoms with Gasteiger partial charge in [-0.1, -0.05) is 17.7 Å². The molecule has 0 saturated heterocycles. The van der Waals surface area contributed by atoms with Crippen molar-refractivity contribution in [2.45, 2.75) is 18.0 Å². The van der Waals surface area contributed by atoms with E-state index in [9.17, 15) is 8.42 Å². The summed E-state index contributed by atoms with van der Waals surface area (Å²) in [7, 11) is -3.58. The van der Waals surface area contributed by atoms with Gasteiger partial charge in [0.15, 0.2) is 0 Å². The van der Waals surface area contributed by atoms with E-state index < -0.39 is 10.0 Å². The van der Waals surface area contributed by atoms with Gasteiger partial charge in [0, 0.05) is 30.5 Å². The monoisotopic (exact) mass is 314 g/mol. The molecule has 0 aliphatic carbocycles. The number of nitrogens with one attached hydrogen (secondary N) is 1. The van der Waals surface area contributed by atoms with Gasteiger partial charge in [-0.15, -0.1) is 0 Å². The molecule has 0 fully saturated rings. The third-order valence-corrected chi connectivity index (χ3v) is 4.56. The molecule has 0 aliphatic heterocycles. The summed E-state index contributed by atoms with van der Waals surface area (Å²) < 4.78 is 28.3. The molecule has 0 atom stereocenters. The van der Waals surface area contributed by atoms with Crippen LogP contribution in [0, 0.1) is 0 Å². The average molecular weight is 315 g/mol. The molecule has 6 nitrogen and oxygen atoms in total. The second kappa shape index (κ2) is 6.36. The van der Waals surface area contributed by atoms with Crippen molar-refractivity contribution in [3.05, 3.63) is 47.2 Å². The predicted octanol–water partition coefficient (Wildman–Crippen LogP) is 0.974. The van der Waals surface area contributed by atoms with Gasteiger partial charge in [0.2, 0.25) is 10.0 Å². The molecule has 2 aromatic rings. The molecule has 0 spiro atoms. The van der Waals surface area contributed by atoms with Gasteiger partial charge in [0.25, 0.3) is 0 Å². The standard InChI is InChI=1S/C12H15ClN4O2S/c13-12-8-11(3-2-10(12)9-14)20(18,19)16-5-7-17-6-1-4-15-17/h1-4,6,8,16H,5,7,9,14H2.